The van der Waals surface area contributed by atoms with Crippen LogP contribution in [0.15, 0.2) is 24.3 Å². The van der Waals surface area contributed by atoms with E-state index in [1.165, 1.54) is 5.56 Å². The van der Waals surface area contributed by atoms with Crippen LogP contribution in [0.3, 0.4) is 0 Å². The van der Waals surface area contributed by atoms with Crippen molar-refractivity contribution < 1.29 is 9.53 Å². The molecule has 2 aromatic rings. The average Bonchev–Trinajstić information content (AvgIpc) is 3.19. The molecule has 3 rings (SSSR count). The van der Waals surface area contributed by atoms with E-state index in [0.29, 0.717) is 18.4 Å². The summed E-state index contributed by atoms with van der Waals surface area (Å²) in [5.74, 6) is 1.36. The Morgan fingerprint density at radius 1 is 1.27 bits per heavy atom. The molecule has 1 aromatic carbocycles. The summed E-state index contributed by atoms with van der Waals surface area (Å²) < 4.78 is 5.27. The summed E-state index contributed by atoms with van der Waals surface area (Å²) in [5, 5.41) is 1.02. The molecule has 0 N–H and O–H groups in total. The molecule has 0 aliphatic carbocycles. The van der Waals surface area contributed by atoms with Gasteiger partial charge in [0.15, 0.2) is 0 Å². The third-order valence-corrected chi connectivity index (χ3v) is 6.23. The largest absolute Gasteiger partial charge is 0.497 e. The third kappa shape index (κ3) is 3.91. The molecule has 1 aliphatic rings. The first-order chi connectivity index (χ1) is 12.4. The van der Waals surface area contributed by atoms with E-state index in [0.717, 1.165) is 34.4 Å². The van der Waals surface area contributed by atoms with E-state index in [4.69, 9.17) is 4.74 Å². The monoisotopic (exact) mass is 373 g/mol. The summed E-state index contributed by atoms with van der Waals surface area (Å²) in [6.45, 7) is 5.49. The Hall–Kier alpha value is -1.92. The van der Waals surface area contributed by atoms with Gasteiger partial charge in [-0.15, -0.1) is 11.3 Å². The highest BCUT2D eigenvalue weighted by molar-refractivity contribution is 7.11. The Kier molecular flexibility index (Phi) is 5.63. The van der Waals surface area contributed by atoms with Crippen molar-refractivity contribution >= 4 is 17.2 Å². The maximum absolute atomic E-state index is 12.9. The number of nitrogens with zero attached hydrogens (tertiary/aromatic N) is 3. The molecule has 2 heterocycles. The molecule has 0 unspecified atom stereocenters. The van der Waals surface area contributed by atoms with E-state index in [1.807, 2.05) is 30.9 Å². The predicted octanol–water partition coefficient (Wildman–Crippen LogP) is 2.87. The zero-order valence-corrected chi connectivity index (χ0v) is 17.0. The minimum atomic E-state index is 0.194. The summed E-state index contributed by atoms with van der Waals surface area (Å²) in [6, 6.07) is 8.54. The first-order valence-electron chi connectivity index (χ1n) is 8.90. The van der Waals surface area contributed by atoms with E-state index < -0.39 is 0 Å². The van der Waals surface area contributed by atoms with Crippen molar-refractivity contribution in [1.29, 1.82) is 0 Å². The first-order valence-corrected chi connectivity index (χ1v) is 9.71. The molecule has 1 saturated heterocycles. The van der Waals surface area contributed by atoms with Crippen molar-refractivity contribution in [2.24, 2.45) is 0 Å². The summed E-state index contributed by atoms with van der Waals surface area (Å²) in [7, 11) is 5.86. The molecule has 5 nitrogen and oxygen atoms in total. The standard InChI is InChI=1S/C20H27N3O2S/c1-13-19(26-14(2)21-13)10-20(24)23-11-17(18(12-23)22(3)4)15-6-8-16(25-5)9-7-15/h6-9,17-18H,10-12H2,1-5H3/t17-,18+/m0/s1. The maximum Gasteiger partial charge on any atom is 0.227 e. The number of aromatic nitrogens is 1. The van der Waals surface area contributed by atoms with Crippen molar-refractivity contribution in [3.63, 3.8) is 0 Å². The smallest absolute Gasteiger partial charge is 0.227 e. The molecular weight excluding hydrogens is 346 g/mol. The highest BCUT2D eigenvalue weighted by Crippen LogP contribution is 2.32. The van der Waals surface area contributed by atoms with Gasteiger partial charge in [-0.3, -0.25) is 4.79 Å². The lowest BCUT2D eigenvalue weighted by atomic mass is 9.93. The van der Waals surface area contributed by atoms with Gasteiger partial charge in [-0.05, 0) is 45.6 Å². The van der Waals surface area contributed by atoms with Crippen molar-refractivity contribution in [2.45, 2.75) is 32.2 Å². The number of methoxy groups -OCH3 is 1. The average molecular weight is 374 g/mol. The molecule has 0 radical (unpaired) electrons. The molecule has 1 fully saturated rings. The molecule has 1 amide bonds. The van der Waals surface area contributed by atoms with Gasteiger partial charge in [-0.25, -0.2) is 4.98 Å². The van der Waals surface area contributed by atoms with Crippen LogP contribution in [0, 0.1) is 13.8 Å². The van der Waals surface area contributed by atoms with E-state index in [-0.39, 0.29) is 5.91 Å². The molecule has 0 bridgehead atoms. The zero-order chi connectivity index (χ0) is 18.8. The Morgan fingerprint density at radius 3 is 2.50 bits per heavy atom. The quantitative estimate of drug-likeness (QED) is 0.808. The number of thiazole rings is 1. The Labute approximate surface area is 159 Å². The van der Waals surface area contributed by atoms with Gasteiger partial charge in [-0.1, -0.05) is 12.1 Å². The van der Waals surface area contributed by atoms with E-state index in [2.05, 4.69) is 36.1 Å². The summed E-state index contributed by atoms with van der Waals surface area (Å²) in [4.78, 5) is 22.6. The highest BCUT2D eigenvalue weighted by atomic mass is 32.1. The molecule has 140 valence electrons. The first kappa shape index (κ1) is 18.9. The van der Waals surface area contributed by atoms with Gasteiger partial charge in [-0.2, -0.15) is 0 Å². The van der Waals surface area contributed by atoms with Gasteiger partial charge < -0.3 is 14.5 Å². The molecule has 2 atom stereocenters. The van der Waals surface area contributed by atoms with Gasteiger partial charge in [0, 0.05) is 29.9 Å². The molecule has 1 aliphatic heterocycles. The molecular formula is C20H27N3O2S. The summed E-state index contributed by atoms with van der Waals surface area (Å²) in [6.07, 6.45) is 0.451. The second kappa shape index (κ2) is 7.76. The normalized spacial score (nSPS) is 20.0. The number of carbonyl (C=O) groups is 1. The lowest BCUT2D eigenvalue weighted by Gasteiger charge is -2.25. The Balaban J connectivity index is 1.75. The van der Waals surface area contributed by atoms with Crippen molar-refractivity contribution in [2.75, 3.05) is 34.3 Å². The highest BCUT2D eigenvalue weighted by Gasteiger charge is 2.37. The lowest BCUT2D eigenvalue weighted by molar-refractivity contribution is -0.129. The van der Waals surface area contributed by atoms with Crippen LogP contribution in [0.4, 0.5) is 0 Å². The van der Waals surface area contributed by atoms with Gasteiger partial charge >= 0.3 is 0 Å². The SMILES string of the molecule is COc1ccc([C@@H]2CN(C(=O)Cc3sc(C)nc3C)C[C@H]2N(C)C)cc1. The number of hydrogen-bond acceptors (Lipinski definition) is 5. The number of benzene rings is 1. The number of likely N-dealkylation sites (tertiary alicyclic amines) is 1. The summed E-state index contributed by atoms with van der Waals surface area (Å²) in [5.41, 5.74) is 2.24. The van der Waals surface area contributed by atoms with Crippen LogP contribution in [-0.2, 0) is 11.2 Å². The fourth-order valence-corrected chi connectivity index (χ4v) is 4.61. The Bertz CT molecular complexity index is 770. The molecule has 26 heavy (non-hydrogen) atoms. The topological polar surface area (TPSA) is 45.7 Å². The number of ether oxygens (including phenoxy) is 1. The van der Waals surface area contributed by atoms with Gasteiger partial charge in [0.1, 0.15) is 5.75 Å². The third-order valence-electron chi connectivity index (χ3n) is 5.16. The number of carbonyl (C=O) groups excluding carboxylic acids is 1. The second-order valence-corrected chi connectivity index (χ2v) is 8.42. The minimum absolute atomic E-state index is 0.194. The summed E-state index contributed by atoms with van der Waals surface area (Å²) >= 11 is 1.63. The van der Waals surface area contributed by atoms with E-state index in [1.54, 1.807) is 18.4 Å². The zero-order valence-electron chi connectivity index (χ0n) is 16.2. The van der Waals surface area contributed by atoms with E-state index >= 15 is 0 Å². The van der Waals surface area contributed by atoms with Crippen molar-refractivity contribution in [3.8, 4) is 5.75 Å². The number of aryl methyl sites for hydroxylation is 2. The Morgan fingerprint density at radius 2 is 1.96 bits per heavy atom. The fraction of sp³-hybridized carbons (Fsp3) is 0.500. The molecule has 0 spiro atoms. The van der Waals surface area contributed by atoms with Gasteiger partial charge in [0.25, 0.3) is 0 Å². The van der Waals surface area contributed by atoms with Gasteiger partial charge in [0.2, 0.25) is 5.91 Å². The van der Waals surface area contributed by atoms with Crippen molar-refractivity contribution in [1.82, 2.24) is 14.8 Å². The van der Waals surface area contributed by atoms with Crippen LogP contribution in [-0.4, -0.2) is 61.0 Å². The van der Waals surface area contributed by atoms with Gasteiger partial charge in [0.05, 0.1) is 24.2 Å². The lowest BCUT2D eigenvalue weighted by Crippen LogP contribution is -2.36. The number of hydrogen-bond donors (Lipinski definition) is 0. The van der Waals surface area contributed by atoms with Crippen LogP contribution >= 0.6 is 11.3 Å². The van der Waals surface area contributed by atoms with Crippen LogP contribution in [0.25, 0.3) is 0 Å². The molecule has 1 aromatic heterocycles. The van der Waals surface area contributed by atoms with Crippen molar-refractivity contribution in [3.05, 3.63) is 45.4 Å². The van der Waals surface area contributed by atoms with E-state index in [9.17, 15) is 4.79 Å². The number of likely N-dealkylation sites (N-methyl/N-ethyl adjacent to an activating group) is 1. The second-order valence-electron chi connectivity index (χ2n) is 7.13. The molecule has 0 saturated carbocycles. The van der Waals surface area contributed by atoms with Crippen LogP contribution in [0.1, 0.15) is 27.1 Å². The predicted molar refractivity (Wildman–Crippen MR) is 105 cm³/mol. The number of amides is 1. The van der Waals surface area contributed by atoms with Crippen LogP contribution < -0.4 is 4.74 Å². The van der Waals surface area contributed by atoms with Crippen LogP contribution in [0.2, 0.25) is 0 Å². The molecule has 6 heteroatoms. The number of rotatable bonds is 5. The maximum atomic E-state index is 12.9. The minimum Gasteiger partial charge on any atom is -0.497 e. The fourth-order valence-electron chi connectivity index (χ4n) is 3.68. The van der Waals surface area contributed by atoms with Crippen LogP contribution in [0.5, 0.6) is 5.75 Å².